The van der Waals surface area contributed by atoms with E-state index in [0.717, 1.165) is 71.0 Å². The minimum atomic E-state index is 0.400. The van der Waals surface area contributed by atoms with Gasteiger partial charge in [-0.05, 0) is 266 Å². The van der Waals surface area contributed by atoms with Crippen LogP contribution in [0.1, 0.15) is 250 Å². The van der Waals surface area contributed by atoms with Gasteiger partial charge in [0.1, 0.15) is 0 Å². The van der Waals surface area contributed by atoms with E-state index in [2.05, 4.69) is 165 Å². The van der Waals surface area contributed by atoms with E-state index in [1.54, 1.807) is 0 Å². The van der Waals surface area contributed by atoms with Crippen molar-refractivity contribution in [1.82, 2.24) is 0 Å². The second-order valence-electron chi connectivity index (χ2n) is 29.4. The topological polar surface area (TPSA) is 9.23 Å². The van der Waals surface area contributed by atoms with Gasteiger partial charge in [0.25, 0.3) is 0 Å². The number of ether oxygens (including phenoxy) is 1. The van der Waals surface area contributed by atoms with Crippen LogP contribution in [0.2, 0.25) is 0 Å². The van der Waals surface area contributed by atoms with Gasteiger partial charge in [0.05, 0.1) is 12.2 Å². The van der Waals surface area contributed by atoms with Gasteiger partial charge in [-0.15, -0.1) is 0 Å². The van der Waals surface area contributed by atoms with Crippen molar-refractivity contribution in [1.29, 1.82) is 0 Å². The molecule has 0 amide bonds. The lowest BCUT2D eigenvalue weighted by Gasteiger charge is -2.59. The summed E-state index contributed by atoms with van der Waals surface area (Å²) in [5, 5.41) is 0. The zero-order valence-electron chi connectivity index (χ0n) is 49.8. The molecule has 0 saturated heterocycles. The van der Waals surface area contributed by atoms with E-state index in [9.17, 15) is 0 Å². The van der Waals surface area contributed by atoms with Crippen molar-refractivity contribution >= 4 is 45.2 Å². The standard InChI is InChI=1S/C70H116I2O/c1-13-51(47(3)4)25-23-49(7)59-31-33-61-57-29-27-55-45-53(35-39-67(55,9)63(57)37-41-69(59,61)11)65(21-17-15-19-43-71)73-66(22-18-16-20-44-72)54-36-40-68(10)56(46-54)28-30-58-62-34-32-60(70(62,12)42-38-64(58)68)50(8)24-26-52(14-2)48(5)6/h23-28,47-54,57-66H,13-22,29-46H2,1-12H3/b25-23+,26-24+/t49-,50-,51-,52-,53+,54+,57+,58+,59-,60-,61+,62+,63+,64+,65?,66?,67+,68+,69-,70-/m1/s1. The molecule has 8 rings (SSSR count). The molecule has 3 heteroatoms. The average molecular weight is 1230 g/mol. The van der Waals surface area contributed by atoms with Gasteiger partial charge in [-0.1, -0.05) is 202 Å². The van der Waals surface area contributed by atoms with E-state index in [-0.39, 0.29) is 0 Å². The quantitative estimate of drug-likeness (QED) is 0.0405. The Morgan fingerprint density at radius 1 is 0.507 bits per heavy atom. The highest BCUT2D eigenvalue weighted by molar-refractivity contribution is 14.1. The van der Waals surface area contributed by atoms with Crippen LogP contribution in [0.5, 0.6) is 0 Å². The Bertz CT molecular complexity index is 1740. The molecule has 0 spiro atoms. The first-order chi connectivity index (χ1) is 35.0. The first-order valence-corrected chi connectivity index (χ1v) is 35.5. The lowest BCUT2D eigenvalue weighted by Crippen LogP contribution is -2.51. The summed E-state index contributed by atoms with van der Waals surface area (Å²) >= 11 is 5.23. The van der Waals surface area contributed by atoms with Crippen molar-refractivity contribution in [3.05, 3.63) is 47.6 Å². The van der Waals surface area contributed by atoms with Crippen LogP contribution in [-0.4, -0.2) is 21.1 Å². The van der Waals surface area contributed by atoms with E-state index >= 15 is 0 Å². The predicted molar refractivity (Wildman–Crippen MR) is 335 cm³/mol. The molecule has 0 heterocycles. The Balaban J connectivity index is 0.959. The summed E-state index contributed by atoms with van der Waals surface area (Å²) in [6.45, 7) is 30.7. The van der Waals surface area contributed by atoms with Crippen molar-refractivity contribution in [2.24, 2.45) is 116 Å². The lowest BCUT2D eigenvalue weighted by atomic mass is 9.46. The fourth-order valence-electron chi connectivity index (χ4n) is 20.7. The maximum Gasteiger partial charge on any atom is 0.0610 e. The molecule has 416 valence electrons. The maximum atomic E-state index is 7.98. The SMILES string of the molecule is CC[C@H](/C=C/[C@@H](C)[C@H]1CC[C@H]2[C@@H]3CC=C4C[C@@H](C(CCCCCI)OC(CCCCCI)[C@H]5CC[C@@]6(C)C(=CC[C@H]7[C@@H]8CC[C@H]([C@H](C)/C=C/[C@@H](CC)C(C)C)[C@@]8(C)CC[C@@H]76)C5)CC[C@]4(C)[C@H]3CC[C@]12C)C(C)C. The van der Waals surface area contributed by atoms with Gasteiger partial charge in [0.2, 0.25) is 0 Å². The zero-order valence-corrected chi connectivity index (χ0v) is 54.1. The molecule has 0 N–H and O–H groups in total. The molecule has 0 radical (unpaired) electrons. The second-order valence-corrected chi connectivity index (χ2v) is 31.5. The molecule has 8 aliphatic carbocycles. The minimum absolute atomic E-state index is 0.400. The molecule has 0 aromatic carbocycles. The molecule has 0 aromatic heterocycles. The number of unbranched alkanes of at least 4 members (excludes halogenated alkanes) is 4. The molecule has 0 bridgehead atoms. The molecule has 1 nitrogen and oxygen atoms in total. The zero-order chi connectivity index (χ0) is 52.3. The summed E-state index contributed by atoms with van der Waals surface area (Å²) in [5.74, 6) is 12.8. The summed E-state index contributed by atoms with van der Waals surface area (Å²) < 4.78 is 10.6. The van der Waals surface area contributed by atoms with Gasteiger partial charge in [0, 0.05) is 0 Å². The summed E-state index contributed by atoms with van der Waals surface area (Å²) in [6.07, 6.45) is 53.2. The van der Waals surface area contributed by atoms with Crippen molar-refractivity contribution in [3.8, 4) is 0 Å². The van der Waals surface area contributed by atoms with Gasteiger partial charge < -0.3 is 4.74 Å². The van der Waals surface area contributed by atoms with E-state index in [1.807, 2.05) is 11.1 Å². The Hall–Kier alpha value is 0.380. The van der Waals surface area contributed by atoms with Crippen molar-refractivity contribution < 1.29 is 4.74 Å². The number of alkyl halides is 2. The highest BCUT2D eigenvalue weighted by Crippen LogP contribution is 2.70. The van der Waals surface area contributed by atoms with E-state index in [0.29, 0.717) is 57.5 Å². The molecular weight excluding hydrogens is 1110 g/mol. The fourth-order valence-corrected chi connectivity index (χ4v) is 21.8. The van der Waals surface area contributed by atoms with Gasteiger partial charge >= 0.3 is 0 Å². The largest absolute Gasteiger partial charge is 0.374 e. The van der Waals surface area contributed by atoms with Crippen molar-refractivity contribution in [3.63, 3.8) is 0 Å². The molecule has 20 atom stereocenters. The van der Waals surface area contributed by atoms with Gasteiger partial charge in [0.15, 0.2) is 0 Å². The van der Waals surface area contributed by atoms with Crippen LogP contribution in [-0.2, 0) is 4.74 Å². The van der Waals surface area contributed by atoms with Gasteiger partial charge in [-0.2, -0.15) is 0 Å². The molecule has 0 aliphatic heterocycles. The Labute approximate surface area is 481 Å². The van der Waals surface area contributed by atoms with Crippen LogP contribution in [0.25, 0.3) is 0 Å². The lowest BCUT2D eigenvalue weighted by molar-refractivity contribution is -0.103. The number of fused-ring (bicyclic) bond motifs is 10. The molecule has 0 aromatic rings. The second kappa shape index (κ2) is 25.9. The van der Waals surface area contributed by atoms with Crippen LogP contribution in [0.4, 0.5) is 0 Å². The molecule has 8 aliphatic rings. The average Bonchev–Trinajstić information content (AvgIpc) is 3.92. The number of hydrogen-bond donors (Lipinski definition) is 0. The van der Waals surface area contributed by atoms with Crippen LogP contribution < -0.4 is 0 Å². The first-order valence-electron chi connectivity index (χ1n) is 32.5. The summed E-state index contributed by atoms with van der Waals surface area (Å²) in [6, 6.07) is 0. The van der Waals surface area contributed by atoms with E-state index in [4.69, 9.17) is 4.74 Å². The highest BCUT2D eigenvalue weighted by Gasteiger charge is 2.61. The van der Waals surface area contributed by atoms with E-state index in [1.165, 1.54) is 176 Å². The third-order valence-electron chi connectivity index (χ3n) is 25.3. The monoisotopic (exact) mass is 1230 g/mol. The van der Waals surface area contributed by atoms with Crippen LogP contribution in [0.15, 0.2) is 47.6 Å². The van der Waals surface area contributed by atoms with Crippen LogP contribution >= 0.6 is 45.2 Å². The number of hydrogen-bond acceptors (Lipinski definition) is 1. The third kappa shape index (κ3) is 12.4. The molecule has 2 unspecified atom stereocenters. The smallest absolute Gasteiger partial charge is 0.0610 e. The first kappa shape index (κ1) is 59.5. The summed E-state index contributed by atoms with van der Waals surface area (Å²) in [7, 11) is 0. The highest BCUT2D eigenvalue weighted by atomic mass is 127. The Morgan fingerprint density at radius 2 is 0.918 bits per heavy atom. The summed E-state index contributed by atoms with van der Waals surface area (Å²) in [5.41, 5.74) is 5.59. The minimum Gasteiger partial charge on any atom is -0.374 e. The normalized spacial score (nSPS) is 40.8. The number of allylic oxidation sites excluding steroid dienone is 8. The van der Waals surface area contributed by atoms with Crippen LogP contribution in [0.3, 0.4) is 0 Å². The number of rotatable bonds is 24. The molecule has 6 fully saturated rings. The van der Waals surface area contributed by atoms with Crippen LogP contribution in [0, 0.1) is 116 Å². The van der Waals surface area contributed by atoms with Crippen molar-refractivity contribution in [2.75, 3.05) is 8.86 Å². The Morgan fingerprint density at radius 3 is 1.29 bits per heavy atom. The molecular formula is C70H116I2O. The molecule has 73 heavy (non-hydrogen) atoms. The predicted octanol–water partition coefficient (Wildman–Crippen LogP) is 21.9. The van der Waals surface area contributed by atoms with Crippen molar-refractivity contribution in [2.45, 2.75) is 262 Å². The van der Waals surface area contributed by atoms with E-state index < -0.39 is 0 Å². The molecule has 6 saturated carbocycles. The van der Waals surface area contributed by atoms with Gasteiger partial charge in [-0.25, -0.2) is 0 Å². The number of halogens is 2. The van der Waals surface area contributed by atoms with Gasteiger partial charge in [-0.3, -0.25) is 0 Å². The Kier molecular flexibility index (Phi) is 21.1. The fraction of sp³-hybridized carbons (Fsp3) is 0.886. The maximum absolute atomic E-state index is 7.98. The third-order valence-corrected chi connectivity index (χ3v) is 26.9. The summed E-state index contributed by atoms with van der Waals surface area (Å²) in [4.78, 5) is 0.